The first-order chi connectivity index (χ1) is 9.30. The summed E-state index contributed by atoms with van der Waals surface area (Å²) in [6.45, 7) is 3.60. The van der Waals surface area contributed by atoms with Crippen LogP contribution in [0.2, 0.25) is 0 Å². The zero-order valence-corrected chi connectivity index (χ0v) is 12.6. The Balaban J connectivity index is 2.61. The maximum Gasteiger partial charge on any atom is 0.304 e. The maximum atomic E-state index is 12.0. The van der Waals surface area contributed by atoms with Gasteiger partial charge in [-0.3, -0.25) is 4.79 Å². The van der Waals surface area contributed by atoms with Crippen molar-refractivity contribution in [2.75, 3.05) is 5.75 Å². The summed E-state index contributed by atoms with van der Waals surface area (Å²) < 4.78 is 26.5. The maximum absolute atomic E-state index is 12.0. The number of aliphatic carboxylic acids is 1. The van der Waals surface area contributed by atoms with E-state index in [1.165, 1.54) is 0 Å². The lowest BCUT2D eigenvalue weighted by Gasteiger charge is -2.20. The molecule has 5 nitrogen and oxygen atoms in total. The van der Waals surface area contributed by atoms with Crippen molar-refractivity contribution in [3.05, 3.63) is 35.9 Å². The molecule has 0 aliphatic carbocycles. The van der Waals surface area contributed by atoms with Crippen molar-refractivity contribution in [3.8, 4) is 0 Å². The highest BCUT2D eigenvalue weighted by Gasteiger charge is 2.22. The van der Waals surface area contributed by atoms with E-state index in [0.29, 0.717) is 6.42 Å². The molecule has 0 radical (unpaired) electrons. The second-order valence-corrected chi connectivity index (χ2v) is 6.99. The lowest BCUT2D eigenvalue weighted by molar-refractivity contribution is -0.137. The van der Waals surface area contributed by atoms with Crippen molar-refractivity contribution < 1.29 is 18.3 Å². The fourth-order valence-electron chi connectivity index (χ4n) is 1.79. The van der Waals surface area contributed by atoms with Crippen molar-refractivity contribution in [1.29, 1.82) is 0 Å². The Bertz CT molecular complexity index is 525. The predicted octanol–water partition coefficient (Wildman–Crippen LogP) is 1.65. The highest BCUT2D eigenvalue weighted by atomic mass is 32.2. The van der Waals surface area contributed by atoms with E-state index in [4.69, 9.17) is 5.11 Å². The van der Waals surface area contributed by atoms with Crippen LogP contribution in [-0.2, 0) is 21.2 Å². The quantitative estimate of drug-likeness (QED) is 0.764. The smallest absolute Gasteiger partial charge is 0.304 e. The third-order valence-electron chi connectivity index (χ3n) is 3.03. The van der Waals surface area contributed by atoms with Crippen LogP contribution >= 0.6 is 0 Å². The number of hydrogen-bond donors (Lipinski definition) is 2. The van der Waals surface area contributed by atoms with E-state index in [0.717, 1.165) is 5.56 Å². The fourth-order valence-corrected chi connectivity index (χ4v) is 3.23. The van der Waals surface area contributed by atoms with Gasteiger partial charge in [0.2, 0.25) is 10.0 Å². The summed E-state index contributed by atoms with van der Waals surface area (Å²) in [5.41, 5.74) is 0.942. The van der Waals surface area contributed by atoms with Crippen LogP contribution in [0.5, 0.6) is 0 Å². The van der Waals surface area contributed by atoms with Gasteiger partial charge in [0.05, 0.1) is 12.2 Å². The van der Waals surface area contributed by atoms with E-state index in [2.05, 4.69) is 4.72 Å². The summed E-state index contributed by atoms with van der Waals surface area (Å²) in [6.07, 6.45) is 0.205. The minimum Gasteiger partial charge on any atom is -0.481 e. The number of benzene rings is 1. The molecule has 1 unspecified atom stereocenters. The van der Waals surface area contributed by atoms with Crippen LogP contribution in [0.15, 0.2) is 30.3 Å². The van der Waals surface area contributed by atoms with Gasteiger partial charge in [-0.25, -0.2) is 13.1 Å². The molecule has 0 bridgehead atoms. The number of nitrogens with one attached hydrogen (secondary N) is 1. The van der Waals surface area contributed by atoms with Crippen LogP contribution in [0.4, 0.5) is 0 Å². The molecule has 1 rings (SSSR count). The largest absolute Gasteiger partial charge is 0.481 e. The Labute approximate surface area is 120 Å². The molecule has 0 aromatic heterocycles. The zero-order chi connectivity index (χ0) is 15.2. The molecule has 1 aromatic carbocycles. The Hall–Kier alpha value is -1.40. The lowest BCUT2D eigenvalue weighted by Crippen LogP contribution is -2.41. The SMILES string of the molecule is CC(C)C(CC(=O)O)NS(=O)(=O)CCc1ccccc1. The molecular weight excluding hydrogens is 278 g/mol. The van der Waals surface area contributed by atoms with Crippen LogP contribution in [0, 0.1) is 5.92 Å². The second kappa shape index (κ2) is 7.40. The molecule has 0 saturated heterocycles. The Morgan fingerprint density at radius 2 is 1.85 bits per heavy atom. The number of carboxylic acid groups (broad SMARTS) is 1. The van der Waals surface area contributed by atoms with Gasteiger partial charge < -0.3 is 5.11 Å². The fraction of sp³-hybridized carbons (Fsp3) is 0.500. The van der Waals surface area contributed by atoms with E-state index in [1.54, 1.807) is 13.8 Å². The second-order valence-electron chi connectivity index (χ2n) is 5.12. The highest BCUT2D eigenvalue weighted by Crippen LogP contribution is 2.09. The lowest BCUT2D eigenvalue weighted by atomic mass is 10.0. The van der Waals surface area contributed by atoms with Gasteiger partial charge in [-0.2, -0.15) is 0 Å². The van der Waals surface area contributed by atoms with Crippen LogP contribution in [0.25, 0.3) is 0 Å². The minimum absolute atomic E-state index is 0.0418. The van der Waals surface area contributed by atoms with E-state index in [-0.39, 0.29) is 18.1 Å². The van der Waals surface area contributed by atoms with E-state index in [1.807, 2.05) is 30.3 Å². The molecule has 1 aromatic rings. The van der Waals surface area contributed by atoms with Crippen LogP contribution < -0.4 is 4.72 Å². The number of hydrogen-bond acceptors (Lipinski definition) is 3. The summed E-state index contributed by atoms with van der Waals surface area (Å²) in [6, 6.07) is 8.75. The normalized spacial score (nSPS) is 13.3. The first-order valence-electron chi connectivity index (χ1n) is 6.56. The summed E-state index contributed by atoms with van der Waals surface area (Å²) in [5.74, 6) is -1.12. The van der Waals surface area contributed by atoms with Gasteiger partial charge in [0.15, 0.2) is 0 Å². The van der Waals surface area contributed by atoms with Crippen LogP contribution in [0.3, 0.4) is 0 Å². The van der Waals surface area contributed by atoms with Gasteiger partial charge in [-0.05, 0) is 17.9 Å². The van der Waals surface area contributed by atoms with E-state index >= 15 is 0 Å². The van der Waals surface area contributed by atoms with Gasteiger partial charge in [-0.1, -0.05) is 44.2 Å². The molecule has 0 saturated carbocycles. The number of rotatable bonds is 8. The van der Waals surface area contributed by atoms with Crippen molar-refractivity contribution >= 4 is 16.0 Å². The number of sulfonamides is 1. The average Bonchev–Trinajstić information content (AvgIpc) is 2.36. The Kier molecular flexibility index (Phi) is 6.16. The van der Waals surface area contributed by atoms with E-state index < -0.39 is 22.0 Å². The zero-order valence-electron chi connectivity index (χ0n) is 11.7. The Morgan fingerprint density at radius 3 is 2.35 bits per heavy atom. The van der Waals surface area contributed by atoms with Crippen LogP contribution in [0.1, 0.15) is 25.8 Å². The molecule has 0 aliphatic heterocycles. The number of carbonyl (C=O) groups is 1. The molecule has 112 valence electrons. The number of carboxylic acids is 1. The molecule has 0 fully saturated rings. The molecule has 6 heteroatoms. The first-order valence-corrected chi connectivity index (χ1v) is 8.21. The van der Waals surface area contributed by atoms with Gasteiger partial charge in [0.25, 0.3) is 0 Å². The highest BCUT2D eigenvalue weighted by molar-refractivity contribution is 7.89. The molecular formula is C14H21NO4S. The van der Waals surface area contributed by atoms with Gasteiger partial charge in [0, 0.05) is 6.04 Å². The molecule has 2 N–H and O–H groups in total. The molecule has 0 spiro atoms. The third kappa shape index (κ3) is 6.16. The summed E-state index contributed by atoms with van der Waals surface area (Å²) >= 11 is 0. The molecule has 20 heavy (non-hydrogen) atoms. The molecule has 0 aliphatic rings. The average molecular weight is 299 g/mol. The Morgan fingerprint density at radius 1 is 1.25 bits per heavy atom. The monoisotopic (exact) mass is 299 g/mol. The summed E-state index contributed by atoms with van der Waals surface area (Å²) in [4.78, 5) is 10.7. The molecule has 0 heterocycles. The van der Waals surface area contributed by atoms with Crippen LogP contribution in [-0.4, -0.2) is 31.3 Å². The predicted molar refractivity (Wildman–Crippen MR) is 77.9 cm³/mol. The summed E-state index contributed by atoms with van der Waals surface area (Å²) in [7, 11) is -3.48. The topological polar surface area (TPSA) is 83.5 Å². The third-order valence-corrected chi connectivity index (χ3v) is 4.44. The van der Waals surface area contributed by atoms with Gasteiger partial charge in [-0.15, -0.1) is 0 Å². The van der Waals surface area contributed by atoms with E-state index in [9.17, 15) is 13.2 Å². The first kappa shape index (κ1) is 16.7. The van der Waals surface area contributed by atoms with Crippen molar-refractivity contribution in [2.24, 2.45) is 5.92 Å². The van der Waals surface area contributed by atoms with Crippen molar-refractivity contribution in [2.45, 2.75) is 32.7 Å². The van der Waals surface area contributed by atoms with Gasteiger partial charge >= 0.3 is 5.97 Å². The summed E-state index contributed by atoms with van der Waals surface area (Å²) in [5, 5.41) is 8.80. The van der Waals surface area contributed by atoms with Crippen molar-refractivity contribution in [3.63, 3.8) is 0 Å². The standard InChI is InChI=1S/C14H21NO4S/c1-11(2)13(10-14(16)17)15-20(18,19)9-8-12-6-4-3-5-7-12/h3-7,11,13,15H,8-10H2,1-2H3,(H,16,17). The molecule has 0 amide bonds. The molecule has 1 atom stereocenters. The van der Waals surface area contributed by atoms with Gasteiger partial charge in [0.1, 0.15) is 0 Å². The minimum atomic E-state index is -3.48. The number of aryl methyl sites for hydroxylation is 1. The van der Waals surface area contributed by atoms with Crippen molar-refractivity contribution in [1.82, 2.24) is 4.72 Å².